The van der Waals surface area contributed by atoms with Crippen LogP contribution < -0.4 is 5.73 Å². The van der Waals surface area contributed by atoms with E-state index in [4.69, 9.17) is 24.3 Å². The Morgan fingerprint density at radius 1 is 0.508 bits per heavy atom. The summed E-state index contributed by atoms with van der Waals surface area (Å²) in [4.78, 5) is 34.8. The average Bonchev–Trinajstić information content (AvgIpc) is 3.25. The summed E-state index contributed by atoms with van der Waals surface area (Å²) in [5.74, 6) is -1.03. The number of unbranched alkanes of at least 4 members (excludes halogenated alkanes) is 3. The third kappa shape index (κ3) is 45.3. The highest BCUT2D eigenvalue weighted by molar-refractivity contribution is 7.47. The van der Waals surface area contributed by atoms with Crippen molar-refractivity contribution in [2.75, 3.05) is 26.4 Å². The summed E-state index contributed by atoms with van der Waals surface area (Å²) in [6.45, 7) is 3.30. The zero-order valence-corrected chi connectivity index (χ0v) is 38.2. The molecule has 0 fully saturated rings. The van der Waals surface area contributed by atoms with Gasteiger partial charge in [-0.05, 0) is 96.3 Å². The highest BCUT2D eigenvalue weighted by Crippen LogP contribution is 2.43. The molecule has 0 aromatic carbocycles. The highest BCUT2D eigenvalue weighted by atomic mass is 31.2. The van der Waals surface area contributed by atoms with Crippen molar-refractivity contribution in [1.29, 1.82) is 0 Å². The molecule has 340 valence electrons. The standard InChI is InChI=1S/C51H78NO8P/c1-3-5-7-9-11-13-15-17-19-20-21-22-23-24-25-26-27-28-30-32-34-36-38-40-42-44-51(54)60-49(48-59-61(55,56)58-46-45-52)47-57-50(53)43-41-39-37-35-33-31-29-18-16-14-12-10-8-6-4-2/h5-8,11-14,17-19,21-22,24-25,27-29,32-35,39,41,49H,3-4,9-10,15-16,20,23,26,30-31,36-38,40,42-48,52H2,1-2H3,(H,55,56)/b7-5-,8-6-,13-11-,14-12-,19-17-,22-21-,25-24-,28-27-,29-18-,34-32-,35-33-,41-39-. The lowest BCUT2D eigenvalue weighted by Crippen LogP contribution is -2.29. The first-order valence-electron chi connectivity index (χ1n) is 22.3. The van der Waals surface area contributed by atoms with Gasteiger partial charge in [-0.3, -0.25) is 18.6 Å². The average molecular weight is 864 g/mol. The van der Waals surface area contributed by atoms with Crippen molar-refractivity contribution >= 4 is 19.8 Å². The van der Waals surface area contributed by atoms with Gasteiger partial charge in [0.05, 0.1) is 19.6 Å². The van der Waals surface area contributed by atoms with Gasteiger partial charge in [-0.15, -0.1) is 0 Å². The van der Waals surface area contributed by atoms with Gasteiger partial charge in [0.2, 0.25) is 0 Å². The summed E-state index contributed by atoms with van der Waals surface area (Å²) in [6, 6.07) is 0. The Labute approximate surface area is 369 Å². The number of phosphoric acid groups is 1. The van der Waals surface area contributed by atoms with E-state index >= 15 is 0 Å². The molecule has 9 nitrogen and oxygen atoms in total. The molecule has 0 amide bonds. The molecule has 0 bridgehead atoms. The van der Waals surface area contributed by atoms with Gasteiger partial charge in [0.15, 0.2) is 6.10 Å². The van der Waals surface area contributed by atoms with Gasteiger partial charge >= 0.3 is 19.8 Å². The monoisotopic (exact) mass is 864 g/mol. The van der Waals surface area contributed by atoms with Crippen LogP contribution in [0.4, 0.5) is 0 Å². The molecular weight excluding hydrogens is 786 g/mol. The molecule has 0 aromatic heterocycles. The third-order valence-electron chi connectivity index (χ3n) is 8.25. The Morgan fingerprint density at radius 2 is 0.902 bits per heavy atom. The fraction of sp³-hybridized carbons (Fsp3) is 0.490. The molecular formula is C51H78NO8P. The van der Waals surface area contributed by atoms with Gasteiger partial charge in [-0.1, -0.05) is 166 Å². The van der Waals surface area contributed by atoms with Gasteiger partial charge in [-0.25, -0.2) is 4.57 Å². The number of carbonyl (C=O) groups is 2. The molecule has 0 spiro atoms. The molecule has 0 saturated heterocycles. The van der Waals surface area contributed by atoms with Crippen molar-refractivity contribution < 1.29 is 37.6 Å². The first-order valence-corrected chi connectivity index (χ1v) is 23.8. The molecule has 0 aliphatic carbocycles. The topological polar surface area (TPSA) is 134 Å². The van der Waals surface area contributed by atoms with Crippen LogP contribution in [-0.4, -0.2) is 49.3 Å². The lowest BCUT2D eigenvalue weighted by molar-refractivity contribution is -0.160. The second-order valence-electron chi connectivity index (χ2n) is 13.8. The molecule has 3 N–H and O–H groups in total. The zero-order valence-electron chi connectivity index (χ0n) is 37.3. The van der Waals surface area contributed by atoms with E-state index in [1.807, 2.05) is 12.2 Å². The number of phosphoric ester groups is 1. The van der Waals surface area contributed by atoms with E-state index in [1.165, 1.54) is 0 Å². The van der Waals surface area contributed by atoms with Gasteiger partial charge in [0, 0.05) is 13.0 Å². The molecule has 0 rings (SSSR count). The van der Waals surface area contributed by atoms with Crippen LogP contribution >= 0.6 is 7.82 Å². The summed E-state index contributed by atoms with van der Waals surface area (Å²) >= 11 is 0. The molecule has 0 saturated carbocycles. The molecule has 0 heterocycles. The van der Waals surface area contributed by atoms with Crippen molar-refractivity contribution in [3.63, 3.8) is 0 Å². The van der Waals surface area contributed by atoms with Crippen LogP contribution in [0.5, 0.6) is 0 Å². The fourth-order valence-corrected chi connectivity index (χ4v) is 5.80. The third-order valence-corrected chi connectivity index (χ3v) is 9.24. The van der Waals surface area contributed by atoms with Crippen molar-refractivity contribution in [3.05, 3.63) is 146 Å². The lowest BCUT2D eigenvalue weighted by Gasteiger charge is -2.19. The van der Waals surface area contributed by atoms with Crippen molar-refractivity contribution in [1.82, 2.24) is 0 Å². The van der Waals surface area contributed by atoms with E-state index < -0.39 is 32.5 Å². The Balaban J connectivity index is 4.34. The quantitative estimate of drug-likeness (QED) is 0.0268. The smallest absolute Gasteiger partial charge is 0.461 e. The molecule has 61 heavy (non-hydrogen) atoms. The summed E-state index contributed by atoms with van der Waals surface area (Å²) in [7, 11) is -4.42. The summed E-state index contributed by atoms with van der Waals surface area (Å²) < 4.78 is 32.6. The van der Waals surface area contributed by atoms with E-state index in [1.54, 1.807) is 6.08 Å². The lowest BCUT2D eigenvalue weighted by atomic mass is 10.1. The Hall–Kier alpha value is -4.11. The Morgan fingerprint density at radius 3 is 1.31 bits per heavy atom. The maximum atomic E-state index is 12.6. The van der Waals surface area contributed by atoms with Gasteiger partial charge in [0.25, 0.3) is 0 Å². The highest BCUT2D eigenvalue weighted by Gasteiger charge is 2.25. The van der Waals surface area contributed by atoms with E-state index in [0.29, 0.717) is 12.8 Å². The van der Waals surface area contributed by atoms with Gasteiger partial charge < -0.3 is 20.1 Å². The normalized spacial score (nSPS) is 14.6. The van der Waals surface area contributed by atoms with Crippen molar-refractivity contribution in [3.8, 4) is 0 Å². The summed E-state index contributed by atoms with van der Waals surface area (Å²) in [5.41, 5.74) is 5.34. The predicted molar refractivity (Wildman–Crippen MR) is 256 cm³/mol. The van der Waals surface area contributed by atoms with E-state index in [-0.39, 0.29) is 32.6 Å². The van der Waals surface area contributed by atoms with Crippen LogP contribution in [0.3, 0.4) is 0 Å². The van der Waals surface area contributed by atoms with Crippen LogP contribution in [0.15, 0.2) is 146 Å². The van der Waals surface area contributed by atoms with Crippen LogP contribution in [0, 0.1) is 0 Å². The number of allylic oxidation sites excluding steroid dienone is 23. The first kappa shape index (κ1) is 56.9. The minimum absolute atomic E-state index is 0.0268. The fourth-order valence-electron chi connectivity index (χ4n) is 5.04. The number of esters is 2. The van der Waals surface area contributed by atoms with E-state index in [9.17, 15) is 19.0 Å². The first-order chi connectivity index (χ1) is 29.8. The van der Waals surface area contributed by atoms with Gasteiger partial charge in [-0.2, -0.15) is 0 Å². The predicted octanol–water partition coefficient (Wildman–Crippen LogP) is 13.3. The molecule has 0 radical (unpaired) electrons. The van der Waals surface area contributed by atoms with Crippen LogP contribution in [0.25, 0.3) is 0 Å². The summed E-state index contributed by atoms with van der Waals surface area (Å²) in [5, 5.41) is 0. The number of carbonyl (C=O) groups excluding carboxylic acids is 2. The zero-order chi connectivity index (χ0) is 44.6. The number of ether oxygens (including phenoxy) is 2. The maximum Gasteiger partial charge on any atom is 0.472 e. The van der Waals surface area contributed by atoms with Crippen LogP contribution in [0.2, 0.25) is 0 Å². The van der Waals surface area contributed by atoms with Crippen LogP contribution in [-0.2, 0) is 32.7 Å². The number of hydrogen-bond donors (Lipinski definition) is 2. The SMILES string of the molecule is CC/C=C\C/C=C\C/C=C\C/C=C\C/C=C\C/C=C\C/C=C\CCCCCC(=O)OC(COC(=O)C/C=C\C/C=C\C/C=C\C/C=C\C/C=C\CC)COP(=O)(O)OCCN. The number of rotatable bonds is 39. The van der Waals surface area contributed by atoms with Crippen LogP contribution in [0.1, 0.15) is 129 Å². The van der Waals surface area contributed by atoms with E-state index in [0.717, 1.165) is 89.9 Å². The molecule has 0 aliphatic rings. The minimum Gasteiger partial charge on any atom is -0.461 e. The second kappa shape index (κ2) is 45.4. The molecule has 10 heteroatoms. The second-order valence-corrected chi connectivity index (χ2v) is 15.3. The Bertz CT molecular complexity index is 1490. The Kier molecular flexibility index (Phi) is 42.4. The molecule has 0 aliphatic heterocycles. The minimum atomic E-state index is -4.42. The maximum absolute atomic E-state index is 12.6. The summed E-state index contributed by atoms with van der Waals surface area (Å²) in [6.07, 6.45) is 64.8. The van der Waals surface area contributed by atoms with Crippen molar-refractivity contribution in [2.24, 2.45) is 5.73 Å². The number of nitrogens with two attached hydrogens (primary N) is 1. The van der Waals surface area contributed by atoms with Gasteiger partial charge in [0.1, 0.15) is 6.61 Å². The molecule has 2 unspecified atom stereocenters. The molecule has 2 atom stereocenters. The van der Waals surface area contributed by atoms with Crippen molar-refractivity contribution in [2.45, 2.75) is 136 Å². The number of hydrogen-bond acceptors (Lipinski definition) is 8. The molecule has 0 aromatic rings. The van der Waals surface area contributed by atoms with E-state index in [2.05, 4.69) is 141 Å². The largest absolute Gasteiger partial charge is 0.472 e.